The highest BCUT2D eigenvalue weighted by Crippen LogP contribution is 2.17. The van der Waals surface area contributed by atoms with Crippen molar-refractivity contribution in [2.24, 2.45) is 5.92 Å². The summed E-state index contributed by atoms with van der Waals surface area (Å²) in [4.78, 5) is 22.4. The number of aromatic nitrogens is 2. The lowest BCUT2D eigenvalue weighted by atomic mass is 10.1. The zero-order valence-corrected chi connectivity index (χ0v) is 13.5. The molecule has 1 aromatic heterocycles. The Labute approximate surface area is 122 Å². The Bertz CT molecular complexity index is 439. The molecule has 5 nitrogen and oxygen atoms in total. The first-order valence-corrected chi connectivity index (χ1v) is 7.23. The van der Waals surface area contributed by atoms with Crippen LogP contribution >= 0.6 is 15.9 Å². The van der Waals surface area contributed by atoms with Crippen molar-refractivity contribution < 1.29 is 4.79 Å². The number of carbonyl (C=O) groups is 1. The van der Waals surface area contributed by atoms with E-state index in [-0.39, 0.29) is 11.8 Å². The first-order valence-electron chi connectivity index (χ1n) is 6.44. The molecule has 6 heteroatoms. The fourth-order valence-electron chi connectivity index (χ4n) is 1.82. The van der Waals surface area contributed by atoms with Crippen LogP contribution in [0.4, 0.5) is 5.82 Å². The van der Waals surface area contributed by atoms with Crippen LogP contribution in [-0.4, -0.2) is 36.5 Å². The van der Waals surface area contributed by atoms with Crippen LogP contribution < -0.4 is 10.2 Å². The van der Waals surface area contributed by atoms with Crippen LogP contribution in [0.1, 0.15) is 26.1 Å². The molecule has 1 unspecified atom stereocenters. The van der Waals surface area contributed by atoms with Crippen molar-refractivity contribution >= 4 is 27.7 Å². The fourth-order valence-corrected chi connectivity index (χ4v) is 2.23. The number of halogens is 1. The topological polar surface area (TPSA) is 58.1 Å². The molecule has 0 saturated heterocycles. The third kappa shape index (κ3) is 4.78. The van der Waals surface area contributed by atoms with E-state index in [0.29, 0.717) is 6.54 Å². The van der Waals surface area contributed by atoms with Crippen LogP contribution in [0, 0.1) is 5.92 Å². The first kappa shape index (κ1) is 15.9. The maximum absolute atomic E-state index is 11.5. The van der Waals surface area contributed by atoms with Crippen molar-refractivity contribution in [3.8, 4) is 0 Å². The van der Waals surface area contributed by atoms with E-state index < -0.39 is 0 Å². The number of rotatable bonds is 6. The van der Waals surface area contributed by atoms with Crippen LogP contribution in [-0.2, 0) is 11.2 Å². The minimum Gasteiger partial charge on any atom is -0.359 e. The van der Waals surface area contributed by atoms with Crippen molar-refractivity contribution in [2.75, 3.05) is 25.5 Å². The number of aryl methyl sites for hydroxylation is 1. The Morgan fingerprint density at radius 1 is 1.53 bits per heavy atom. The average molecular weight is 329 g/mol. The van der Waals surface area contributed by atoms with Gasteiger partial charge >= 0.3 is 0 Å². The van der Waals surface area contributed by atoms with Gasteiger partial charge in [-0.25, -0.2) is 9.97 Å². The van der Waals surface area contributed by atoms with Crippen molar-refractivity contribution in [3.05, 3.63) is 16.5 Å². The van der Waals surface area contributed by atoms with Gasteiger partial charge in [0.05, 0.1) is 5.92 Å². The number of hydrogen-bond donors (Lipinski definition) is 1. The molecular weight excluding hydrogens is 308 g/mol. The first-order chi connectivity index (χ1) is 8.97. The SMILES string of the molecule is CCCc1nc(Br)cc(N(C)CC(C)C(=O)NC)n1. The molecule has 0 fully saturated rings. The highest BCUT2D eigenvalue weighted by atomic mass is 79.9. The van der Waals surface area contributed by atoms with Crippen molar-refractivity contribution in [1.82, 2.24) is 15.3 Å². The molecule has 19 heavy (non-hydrogen) atoms. The van der Waals surface area contributed by atoms with Gasteiger partial charge in [0.2, 0.25) is 5.91 Å². The van der Waals surface area contributed by atoms with E-state index in [4.69, 9.17) is 0 Å². The maximum atomic E-state index is 11.5. The van der Waals surface area contributed by atoms with E-state index in [0.717, 1.165) is 29.1 Å². The molecule has 1 heterocycles. The van der Waals surface area contributed by atoms with E-state index in [1.54, 1.807) is 7.05 Å². The zero-order valence-electron chi connectivity index (χ0n) is 11.9. The van der Waals surface area contributed by atoms with Gasteiger partial charge in [0, 0.05) is 33.1 Å². The standard InChI is InChI=1S/C13H21BrN4O/c1-5-6-11-16-10(14)7-12(17-11)18(4)8-9(2)13(19)15-3/h7,9H,5-6,8H2,1-4H3,(H,15,19). The van der Waals surface area contributed by atoms with Gasteiger partial charge in [-0.05, 0) is 22.4 Å². The molecule has 1 aromatic rings. The van der Waals surface area contributed by atoms with E-state index in [1.807, 2.05) is 24.9 Å². The Morgan fingerprint density at radius 3 is 2.79 bits per heavy atom. The summed E-state index contributed by atoms with van der Waals surface area (Å²) in [6.07, 6.45) is 1.86. The number of nitrogens with zero attached hydrogens (tertiary/aromatic N) is 3. The summed E-state index contributed by atoms with van der Waals surface area (Å²) in [6, 6.07) is 1.87. The van der Waals surface area contributed by atoms with Crippen LogP contribution in [0.5, 0.6) is 0 Å². The van der Waals surface area contributed by atoms with Crippen molar-refractivity contribution in [3.63, 3.8) is 0 Å². The molecule has 1 N–H and O–H groups in total. The van der Waals surface area contributed by atoms with Gasteiger partial charge in [-0.1, -0.05) is 13.8 Å². The Balaban J connectivity index is 2.81. The third-order valence-corrected chi connectivity index (χ3v) is 3.24. The smallest absolute Gasteiger partial charge is 0.224 e. The fraction of sp³-hybridized carbons (Fsp3) is 0.615. The normalized spacial score (nSPS) is 12.1. The molecular formula is C13H21BrN4O. The second-order valence-corrected chi connectivity index (χ2v) is 5.42. The average Bonchev–Trinajstić information content (AvgIpc) is 2.37. The highest BCUT2D eigenvalue weighted by Gasteiger charge is 2.15. The number of hydrogen-bond acceptors (Lipinski definition) is 4. The molecule has 0 spiro atoms. The minimum absolute atomic E-state index is 0.0359. The molecule has 0 aromatic carbocycles. The summed E-state index contributed by atoms with van der Waals surface area (Å²) in [5.41, 5.74) is 0. The van der Waals surface area contributed by atoms with Gasteiger partial charge in [0.1, 0.15) is 16.2 Å². The van der Waals surface area contributed by atoms with Crippen LogP contribution in [0.3, 0.4) is 0 Å². The lowest BCUT2D eigenvalue weighted by molar-refractivity contribution is -0.123. The summed E-state index contributed by atoms with van der Waals surface area (Å²) >= 11 is 3.40. The molecule has 1 amide bonds. The zero-order chi connectivity index (χ0) is 14.4. The van der Waals surface area contributed by atoms with E-state index in [2.05, 4.69) is 38.1 Å². The molecule has 106 valence electrons. The maximum Gasteiger partial charge on any atom is 0.224 e. The molecule has 0 aliphatic rings. The number of amides is 1. The van der Waals surface area contributed by atoms with Gasteiger partial charge in [-0.2, -0.15) is 0 Å². The number of carbonyl (C=O) groups excluding carboxylic acids is 1. The van der Waals surface area contributed by atoms with Gasteiger partial charge in [0.25, 0.3) is 0 Å². The lowest BCUT2D eigenvalue weighted by Crippen LogP contribution is -2.34. The summed E-state index contributed by atoms with van der Waals surface area (Å²) in [7, 11) is 3.59. The molecule has 0 radical (unpaired) electrons. The number of anilines is 1. The van der Waals surface area contributed by atoms with Crippen LogP contribution in [0.25, 0.3) is 0 Å². The highest BCUT2D eigenvalue weighted by molar-refractivity contribution is 9.10. The molecule has 1 atom stereocenters. The third-order valence-electron chi connectivity index (χ3n) is 2.83. The predicted molar refractivity (Wildman–Crippen MR) is 80.2 cm³/mol. The van der Waals surface area contributed by atoms with E-state index >= 15 is 0 Å². The molecule has 0 aliphatic heterocycles. The van der Waals surface area contributed by atoms with Gasteiger partial charge in [0.15, 0.2) is 0 Å². The molecule has 0 bridgehead atoms. The minimum atomic E-state index is -0.0848. The van der Waals surface area contributed by atoms with E-state index in [1.165, 1.54) is 0 Å². The molecule has 0 saturated carbocycles. The quantitative estimate of drug-likeness (QED) is 0.811. The monoisotopic (exact) mass is 328 g/mol. The summed E-state index contributed by atoms with van der Waals surface area (Å²) in [5, 5.41) is 2.66. The summed E-state index contributed by atoms with van der Waals surface area (Å²) in [5.74, 6) is 1.61. The van der Waals surface area contributed by atoms with E-state index in [9.17, 15) is 4.79 Å². The second kappa shape index (κ2) is 7.43. The Morgan fingerprint density at radius 2 is 2.21 bits per heavy atom. The van der Waals surface area contributed by atoms with Gasteiger partial charge in [-0.3, -0.25) is 4.79 Å². The number of nitrogens with one attached hydrogen (secondary N) is 1. The van der Waals surface area contributed by atoms with Gasteiger partial charge in [-0.15, -0.1) is 0 Å². The largest absolute Gasteiger partial charge is 0.359 e. The lowest BCUT2D eigenvalue weighted by Gasteiger charge is -2.22. The van der Waals surface area contributed by atoms with Gasteiger partial charge < -0.3 is 10.2 Å². The second-order valence-electron chi connectivity index (χ2n) is 4.61. The Hall–Kier alpha value is -1.17. The predicted octanol–water partition coefficient (Wildman–Crippen LogP) is 2.01. The summed E-state index contributed by atoms with van der Waals surface area (Å²) in [6.45, 7) is 4.62. The van der Waals surface area contributed by atoms with Crippen LogP contribution in [0.2, 0.25) is 0 Å². The Kier molecular flexibility index (Phi) is 6.21. The molecule has 1 rings (SSSR count). The van der Waals surface area contributed by atoms with Crippen molar-refractivity contribution in [2.45, 2.75) is 26.7 Å². The van der Waals surface area contributed by atoms with Crippen LogP contribution in [0.15, 0.2) is 10.7 Å². The van der Waals surface area contributed by atoms with Crippen molar-refractivity contribution in [1.29, 1.82) is 0 Å². The molecule has 0 aliphatic carbocycles. The summed E-state index contributed by atoms with van der Waals surface area (Å²) < 4.78 is 0.778.